The predicted octanol–water partition coefficient (Wildman–Crippen LogP) is -0.479. The van der Waals surface area contributed by atoms with Crippen LogP contribution < -0.4 is 5.32 Å². The highest BCUT2D eigenvalue weighted by atomic mass is 16.6. The van der Waals surface area contributed by atoms with Crippen LogP contribution in [0.2, 0.25) is 0 Å². The number of amides is 1. The van der Waals surface area contributed by atoms with Gasteiger partial charge < -0.3 is 34.5 Å². The molecule has 1 saturated heterocycles. The van der Waals surface area contributed by atoms with Gasteiger partial charge in [-0.15, -0.1) is 0 Å². The van der Waals surface area contributed by atoms with Crippen LogP contribution in [-0.2, 0) is 18.9 Å². The molecule has 8 heteroatoms. The van der Waals surface area contributed by atoms with Crippen molar-refractivity contribution in [1.29, 1.82) is 0 Å². The Morgan fingerprint density at radius 1 is 1.23 bits per heavy atom. The Morgan fingerprint density at radius 3 is 2.50 bits per heavy atom. The van der Waals surface area contributed by atoms with Crippen LogP contribution in [0.5, 0.6) is 0 Å². The van der Waals surface area contributed by atoms with Crippen LogP contribution in [0.4, 0.5) is 4.79 Å². The number of hydrogen-bond acceptors (Lipinski definition) is 7. The maximum atomic E-state index is 11.8. The van der Waals surface area contributed by atoms with E-state index in [0.29, 0.717) is 13.0 Å². The van der Waals surface area contributed by atoms with E-state index >= 15 is 0 Å². The summed E-state index contributed by atoms with van der Waals surface area (Å²) < 4.78 is 20.6. The van der Waals surface area contributed by atoms with E-state index < -0.39 is 30.4 Å². The van der Waals surface area contributed by atoms with Gasteiger partial charge in [0.2, 0.25) is 0 Å². The molecule has 3 N–H and O–H groups in total. The zero-order valence-electron chi connectivity index (χ0n) is 13.4. The van der Waals surface area contributed by atoms with Crippen LogP contribution in [0.25, 0.3) is 0 Å². The summed E-state index contributed by atoms with van der Waals surface area (Å²) in [5, 5.41) is 22.5. The van der Waals surface area contributed by atoms with Gasteiger partial charge in [-0.1, -0.05) is 6.92 Å². The maximum Gasteiger partial charge on any atom is 0.407 e. The van der Waals surface area contributed by atoms with Crippen LogP contribution in [-0.4, -0.2) is 81.3 Å². The molecule has 2 unspecified atom stereocenters. The number of methoxy groups -OCH3 is 2. The first-order valence-corrected chi connectivity index (χ1v) is 7.44. The van der Waals surface area contributed by atoms with Crippen molar-refractivity contribution in [2.45, 2.75) is 37.7 Å². The van der Waals surface area contributed by atoms with Gasteiger partial charge in [-0.2, -0.15) is 0 Å². The molecule has 1 rings (SSSR count). The number of ether oxygens (including phenoxy) is 4. The smallest absolute Gasteiger partial charge is 0.407 e. The third-order valence-electron chi connectivity index (χ3n) is 3.82. The molecule has 0 saturated carbocycles. The van der Waals surface area contributed by atoms with Crippen LogP contribution in [0.3, 0.4) is 0 Å². The maximum absolute atomic E-state index is 11.8. The number of alkyl carbamates (subject to hydrolysis) is 1. The Morgan fingerprint density at radius 2 is 1.95 bits per heavy atom. The Bertz CT molecular complexity index is 326. The van der Waals surface area contributed by atoms with E-state index in [9.17, 15) is 15.0 Å². The summed E-state index contributed by atoms with van der Waals surface area (Å²) in [6.07, 6.45) is -1.94. The minimum Gasteiger partial charge on any atom is -0.447 e. The van der Waals surface area contributed by atoms with E-state index in [-0.39, 0.29) is 25.7 Å². The van der Waals surface area contributed by atoms with Crippen molar-refractivity contribution in [1.82, 2.24) is 5.32 Å². The van der Waals surface area contributed by atoms with Gasteiger partial charge in [0.1, 0.15) is 12.7 Å². The zero-order valence-corrected chi connectivity index (χ0v) is 13.4. The summed E-state index contributed by atoms with van der Waals surface area (Å²) in [5.74, 6) is -0.276. The number of nitrogens with one attached hydrogen (secondary N) is 1. The summed E-state index contributed by atoms with van der Waals surface area (Å²) in [7, 11) is 3.01. The fourth-order valence-electron chi connectivity index (χ4n) is 2.68. The average Bonchev–Trinajstić information content (AvgIpc) is 2.51. The van der Waals surface area contributed by atoms with E-state index in [1.807, 2.05) is 6.92 Å². The highest BCUT2D eigenvalue weighted by Gasteiger charge is 2.44. The van der Waals surface area contributed by atoms with Gasteiger partial charge >= 0.3 is 6.09 Å². The van der Waals surface area contributed by atoms with E-state index in [1.54, 1.807) is 0 Å². The molecule has 0 aromatic heterocycles. The van der Waals surface area contributed by atoms with Gasteiger partial charge in [0.25, 0.3) is 0 Å². The molecule has 1 heterocycles. The van der Waals surface area contributed by atoms with E-state index in [2.05, 4.69) is 5.32 Å². The molecule has 22 heavy (non-hydrogen) atoms. The molecule has 0 aliphatic carbocycles. The highest BCUT2D eigenvalue weighted by molar-refractivity contribution is 5.67. The van der Waals surface area contributed by atoms with Crippen molar-refractivity contribution in [3.8, 4) is 0 Å². The lowest BCUT2D eigenvalue weighted by Crippen LogP contribution is -2.62. The van der Waals surface area contributed by atoms with Crippen molar-refractivity contribution in [3.05, 3.63) is 0 Å². The van der Waals surface area contributed by atoms with Crippen molar-refractivity contribution in [3.63, 3.8) is 0 Å². The number of hydrogen-bond donors (Lipinski definition) is 3. The summed E-state index contributed by atoms with van der Waals surface area (Å²) in [6.45, 7) is 2.30. The van der Waals surface area contributed by atoms with Crippen LogP contribution in [0.15, 0.2) is 0 Å². The van der Waals surface area contributed by atoms with Gasteiger partial charge in [-0.3, -0.25) is 0 Å². The van der Waals surface area contributed by atoms with Crippen LogP contribution >= 0.6 is 0 Å². The fourth-order valence-corrected chi connectivity index (χ4v) is 2.68. The number of carbonyl (C=O) groups excluding carboxylic acids is 1. The molecule has 1 fully saturated rings. The molecule has 0 bridgehead atoms. The second-order valence-corrected chi connectivity index (χ2v) is 5.21. The molecule has 0 radical (unpaired) electrons. The molecule has 1 aliphatic heterocycles. The highest BCUT2D eigenvalue weighted by Crippen LogP contribution is 2.28. The van der Waals surface area contributed by atoms with Crippen LogP contribution in [0, 0.1) is 5.92 Å². The standard InChI is InChI=1S/C14H27NO7/c1-4-9-10(7-16)22-11(8-20-3)12(13(9)17)15-14(18)21-6-5-19-2/h9-13,16-17H,4-8H2,1-3H3,(H,15,18)/t9-,10+,11+,12?,13?/m1/s1. The predicted molar refractivity (Wildman–Crippen MR) is 77.6 cm³/mol. The third kappa shape index (κ3) is 5.06. The van der Waals surface area contributed by atoms with Gasteiger partial charge in [0.05, 0.1) is 38.1 Å². The lowest BCUT2D eigenvalue weighted by atomic mass is 9.83. The molecular weight excluding hydrogens is 294 g/mol. The van der Waals surface area contributed by atoms with E-state index in [1.165, 1.54) is 14.2 Å². The van der Waals surface area contributed by atoms with Crippen molar-refractivity contribution >= 4 is 6.09 Å². The first-order chi connectivity index (χ1) is 10.6. The Balaban J connectivity index is 2.71. The lowest BCUT2D eigenvalue weighted by molar-refractivity contribution is -0.179. The minimum atomic E-state index is -0.856. The SMILES string of the molecule is CC[C@H]1C(O)C(NC(=O)OCCOC)[C@H](COC)O[C@H]1CO. The topological polar surface area (TPSA) is 106 Å². The summed E-state index contributed by atoms with van der Waals surface area (Å²) in [4.78, 5) is 11.8. The first kappa shape index (κ1) is 19.1. The van der Waals surface area contributed by atoms with Crippen molar-refractivity contribution in [2.24, 2.45) is 5.92 Å². The Labute approximate surface area is 130 Å². The van der Waals surface area contributed by atoms with Gasteiger partial charge in [0.15, 0.2) is 0 Å². The number of aliphatic hydroxyl groups excluding tert-OH is 2. The largest absolute Gasteiger partial charge is 0.447 e. The lowest BCUT2D eigenvalue weighted by Gasteiger charge is -2.44. The average molecular weight is 321 g/mol. The van der Waals surface area contributed by atoms with Crippen molar-refractivity contribution < 1.29 is 34.0 Å². The normalized spacial score (nSPS) is 31.8. The number of carbonyl (C=O) groups is 1. The molecule has 5 atom stereocenters. The molecule has 8 nitrogen and oxygen atoms in total. The van der Waals surface area contributed by atoms with Gasteiger partial charge in [-0.05, 0) is 6.42 Å². The molecule has 1 amide bonds. The Hall–Kier alpha value is -0.930. The third-order valence-corrected chi connectivity index (χ3v) is 3.82. The molecule has 0 aromatic carbocycles. The quantitative estimate of drug-likeness (QED) is 0.518. The van der Waals surface area contributed by atoms with E-state index in [0.717, 1.165) is 0 Å². The Kier molecular flexibility index (Phi) is 8.66. The van der Waals surface area contributed by atoms with Gasteiger partial charge in [0, 0.05) is 20.1 Å². The van der Waals surface area contributed by atoms with E-state index in [4.69, 9.17) is 18.9 Å². The molecule has 0 spiro atoms. The summed E-state index contributed by atoms with van der Waals surface area (Å²) in [6, 6.07) is -0.664. The monoisotopic (exact) mass is 321 g/mol. The van der Waals surface area contributed by atoms with Crippen LogP contribution in [0.1, 0.15) is 13.3 Å². The second kappa shape index (κ2) is 9.96. The van der Waals surface area contributed by atoms with Crippen molar-refractivity contribution in [2.75, 3.05) is 40.6 Å². The van der Waals surface area contributed by atoms with Gasteiger partial charge in [-0.25, -0.2) is 4.79 Å². The second-order valence-electron chi connectivity index (χ2n) is 5.21. The molecule has 0 aromatic rings. The first-order valence-electron chi connectivity index (χ1n) is 7.44. The molecule has 130 valence electrons. The molecular formula is C14H27NO7. The summed E-state index contributed by atoms with van der Waals surface area (Å²) in [5.41, 5.74) is 0. The zero-order chi connectivity index (χ0) is 16.5. The summed E-state index contributed by atoms with van der Waals surface area (Å²) >= 11 is 0. The molecule has 1 aliphatic rings. The number of aliphatic hydroxyl groups is 2. The number of rotatable bonds is 8. The minimum absolute atomic E-state index is 0.122. The fraction of sp³-hybridized carbons (Fsp3) is 0.929.